The smallest absolute Gasteiger partial charge is 0.219 e. The fraction of sp³-hybridized carbons (Fsp3) is 0.471. The van der Waals surface area contributed by atoms with Crippen LogP contribution in [0.2, 0.25) is 5.02 Å². The lowest BCUT2D eigenvalue weighted by atomic mass is 9.90. The van der Waals surface area contributed by atoms with Crippen molar-refractivity contribution in [2.75, 3.05) is 13.1 Å². The molecule has 4 nitrogen and oxygen atoms in total. The van der Waals surface area contributed by atoms with E-state index in [1.54, 1.807) is 6.92 Å². The molecule has 1 amide bonds. The van der Waals surface area contributed by atoms with Crippen LogP contribution in [-0.2, 0) is 15.0 Å². The number of carbonyl (C=O) groups is 1. The molecule has 0 aromatic heterocycles. The van der Waals surface area contributed by atoms with Gasteiger partial charge >= 0.3 is 0 Å². The minimum Gasteiger partial charge on any atom is -0.339 e. The highest BCUT2D eigenvalue weighted by molar-refractivity contribution is 6.30. The third kappa shape index (κ3) is 2.13. The Morgan fingerprint density at radius 3 is 2.59 bits per heavy atom. The first-order valence-electron chi connectivity index (χ1n) is 7.72. The summed E-state index contributed by atoms with van der Waals surface area (Å²) < 4.78 is 0. The number of benzene rings is 1. The quantitative estimate of drug-likeness (QED) is 0.911. The highest BCUT2D eigenvalue weighted by atomic mass is 35.5. The number of hydrogen-bond donors (Lipinski definition) is 1. The number of hydroxylamine groups is 1. The summed E-state index contributed by atoms with van der Waals surface area (Å²) in [6, 6.07) is 8.07. The van der Waals surface area contributed by atoms with Crippen LogP contribution < -0.4 is 5.48 Å². The summed E-state index contributed by atoms with van der Waals surface area (Å²) in [5.41, 5.74) is 5.25. The van der Waals surface area contributed by atoms with Gasteiger partial charge in [0.1, 0.15) is 5.60 Å². The fourth-order valence-electron chi connectivity index (χ4n) is 3.60. The molecule has 0 bridgehead atoms. The summed E-state index contributed by atoms with van der Waals surface area (Å²) in [6.45, 7) is 3.01. The second-order valence-electron chi connectivity index (χ2n) is 6.61. The van der Waals surface area contributed by atoms with Gasteiger partial charge in [0.05, 0.1) is 6.54 Å². The summed E-state index contributed by atoms with van der Waals surface area (Å²) in [5, 5.41) is 0.758. The predicted octanol–water partition coefficient (Wildman–Crippen LogP) is 2.78. The molecule has 3 aliphatic rings. The standard InChI is InChI=1S/C17H19ClN2O2/c1-12(21)20-9-8-16(11-20)10-15(19-22-16)17(6-7-17)13-2-4-14(18)5-3-13/h2-5,10,19H,6-9,11H2,1H3. The monoisotopic (exact) mass is 318 g/mol. The Hall–Kier alpha value is -1.52. The highest BCUT2D eigenvalue weighted by Gasteiger charge is 2.53. The Kier molecular flexibility index (Phi) is 3.03. The van der Waals surface area contributed by atoms with Crippen LogP contribution in [0.25, 0.3) is 0 Å². The number of nitrogens with one attached hydrogen (secondary N) is 1. The van der Waals surface area contributed by atoms with E-state index in [2.05, 4.69) is 23.7 Å². The molecule has 5 heteroatoms. The number of hydrogen-bond acceptors (Lipinski definition) is 3. The average molecular weight is 319 g/mol. The van der Waals surface area contributed by atoms with Crippen molar-refractivity contribution in [3.63, 3.8) is 0 Å². The zero-order valence-corrected chi connectivity index (χ0v) is 13.3. The van der Waals surface area contributed by atoms with Crippen LogP contribution in [0, 0.1) is 0 Å². The number of halogens is 1. The summed E-state index contributed by atoms with van der Waals surface area (Å²) >= 11 is 5.99. The molecule has 2 aliphatic heterocycles. The average Bonchev–Trinajstić information content (AvgIpc) is 3.04. The highest BCUT2D eigenvalue weighted by Crippen LogP contribution is 2.55. The van der Waals surface area contributed by atoms with Gasteiger partial charge in [-0.3, -0.25) is 15.1 Å². The second-order valence-corrected chi connectivity index (χ2v) is 7.04. The van der Waals surface area contributed by atoms with E-state index in [9.17, 15) is 4.79 Å². The van der Waals surface area contributed by atoms with Gasteiger partial charge in [-0.15, -0.1) is 0 Å². The number of likely N-dealkylation sites (tertiary alicyclic amines) is 1. The first-order chi connectivity index (χ1) is 10.5. The third-order valence-electron chi connectivity index (χ3n) is 5.14. The Balaban J connectivity index is 1.60. The van der Waals surface area contributed by atoms with Crippen LogP contribution in [0.4, 0.5) is 0 Å². The van der Waals surface area contributed by atoms with Gasteiger partial charge in [0.25, 0.3) is 0 Å². The van der Waals surface area contributed by atoms with Crippen LogP contribution >= 0.6 is 11.6 Å². The molecule has 1 aromatic rings. The van der Waals surface area contributed by atoms with Gasteiger partial charge < -0.3 is 4.90 Å². The van der Waals surface area contributed by atoms with E-state index in [1.165, 1.54) is 5.56 Å². The number of rotatable bonds is 2. The fourth-order valence-corrected chi connectivity index (χ4v) is 3.72. The van der Waals surface area contributed by atoms with Crippen LogP contribution in [-0.4, -0.2) is 29.5 Å². The molecule has 1 aliphatic carbocycles. The normalized spacial score (nSPS) is 28.6. The first-order valence-corrected chi connectivity index (χ1v) is 8.10. The minimum atomic E-state index is -0.358. The minimum absolute atomic E-state index is 0.0394. The molecule has 0 radical (unpaired) electrons. The topological polar surface area (TPSA) is 41.6 Å². The molecule has 1 unspecified atom stereocenters. The molecule has 1 aromatic carbocycles. The molecule has 116 valence electrons. The van der Waals surface area contributed by atoms with Crippen molar-refractivity contribution in [1.82, 2.24) is 10.4 Å². The second kappa shape index (κ2) is 4.74. The van der Waals surface area contributed by atoms with Gasteiger partial charge in [0, 0.05) is 36.0 Å². The van der Waals surface area contributed by atoms with E-state index in [4.69, 9.17) is 16.4 Å². The maximum atomic E-state index is 11.5. The van der Waals surface area contributed by atoms with Gasteiger partial charge in [-0.1, -0.05) is 23.7 Å². The van der Waals surface area contributed by atoms with Crippen molar-refractivity contribution in [2.45, 2.75) is 37.2 Å². The molecule has 2 fully saturated rings. The molecule has 1 saturated carbocycles. The third-order valence-corrected chi connectivity index (χ3v) is 5.39. The van der Waals surface area contributed by atoms with E-state index in [1.807, 2.05) is 17.0 Å². The Morgan fingerprint density at radius 2 is 2.00 bits per heavy atom. The number of amides is 1. The van der Waals surface area contributed by atoms with Gasteiger partial charge in [-0.05, 0) is 36.6 Å². The van der Waals surface area contributed by atoms with Crippen molar-refractivity contribution in [2.24, 2.45) is 0 Å². The Labute approximate surface area is 135 Å². The Morgan fingerprint density at radius 1 is 1.27 bits per heavy atom. The predicted molar refractivity (Wildman–Crippen MR) is 84.3 cm³/mol. The summed E-state index contributed by atoms with van der Waals surface area (Å²) in [4.78, 5) is 19.3. The van der Waals surface area contributed by atoms with Gasteiger partial charge in [0.2, 0.25) is 5.91 Å². The van der Waals surface area contributed by atoms with Crippen molar-refractivity contribution >= 4 is 17.5 Å². The van der Waals surface area contributed by atoms with Gasteiger partial charge in [-0.2, -0.15) is 0 Å². The van der Waals surface area contributed by atoms with Crippen LogP contribution in [0.15, 0.2) is 36.0 Å². The molecule has 22 heavy (non-hydrogen) atoms. The molecule has 4 rings (SSSR count). The molecular formula is C17H19ClN2O2. The molecule has 1 atom stereocenters. The lowest BCUT2D eigenvalue weighted by molar-refractivity contribution is -0.129. The van der Waals surface area contributed by atoms with Crippen LogP contribution in [0.1, 0.15) is 31.7 Å². The van der Waals surface area contributed by atoms with Crippen molar-refractivity contribution < 1.29 is 9.63 Å². The maximum Gasteiger partial charge on any atom is 0.219 e. The summed E-state index contributed by atoms with van der Waals surface area (Å²) in [6.07, 6.45) is 5.28. The summed E-state index contributed by atoms with van der Waals surface area (Å²) in [5.74, 6) is 0.112. The van der Waals surface area contributed by atoms with E-state index in [0.717, 1.165) is 36.5 Å². The zero-order valence-electron chi connectivity index (χ0n) is 12.6. The summed E-state index contributed by atoms with van der Waals surface area (Å²) in [7, 11) is 0. The lowest BCUT2D eigenvalue weighted by Gasteiger charge is -2.19. The van der Waals surface area contributed by atoms with Gasteiger partial charge in [-0.25, -0.2) is 0 Å². The van der Waals surface area contributed by atoms with E-state index >= 15 is 0 Å². The maximum absolute atomic E-state index is 11.5. The van der Waals surface area contributed by atoms with Crippen LogP contribution in [0.3, 0.4) is 0 Å². The molecule has 1 N–H and O–H groups in total. The number of carbonyl (C=O) groups excluding carboxylic acids is 1. The van der Waals surface area contributed by atoms with E-state index in [0.29, 0.717) is 6.54 Å². The van der Waals surface area contributed by atoms with Crippen molar-refractivity contribution in [3.8, 4) is 0 Å². The van der Waals surface area contributed by atoms with E-state index in [-0.39, 0.29) is 16.9 Å². The molecule has 1 saturated heterocycles. The van der Waals surface area contributed by atoms with Crippen LogP contribution in [0.5, 0.6) is 0 Å². The van der Waals surface area contributed by atoms with Crippen molar-refractivity contribution in [1.29, 1.82) is 0 Å². The van der Waals surface area contributed by atoms with Gasteiger partial charge in [0.15, 0.2) is 0 Å². The number of nitrogens with zero attached hydrogens (tertiary/aromatic N) is 1. The molecule has 2 heterocycles. The lowest BCUT2D eigenvalue weighted by Crippen LogP contribution is -2.35. The molecular weight excluding hydrogens is 300 g/mol. The van der Waals surface area contributed by atoms with Crippen molar-refractivity contribution in [3.05, 3.63) is 46.6 Å². The largest absolute Gasteiger partial charge is 0.339 e. The molecule has 1 spiro atoms. The van der Waals surface area contributed by atoms with E-state index < -0.39 is 0 Å². The SMILES string of the molecule is CC(=O)N1CCC2(C=C(C3(c4ccc(Cl)cc4)CC3)NO2)C1. The Bertz CT molecular complexity index is 651. The first kappa shape index (κ1) is 14.1. The number of allylic oxidation sites excluding steroid dienone is 1. The zero-order chi connectivity index (χ0) is 15.4.